The molecule has 0 aliphatic rings. The normalized spacial score (nSPS) is 12.4. The van der Waals surface area contributed by atoms with E-state index in [0.717, 1.165) is 12.1 Å². The number of rotatable bonds is 3. The van der Waals surface area contributed by atoms with Gasteiger partial charge < -0.3 is 5.73 Å². The molecule has 2 N–H and O–H groups in total. The highest BCUT2D eigenvalue weighted by Crippen LogP contribution is 2.18. The lowest BCUT2D eigenvalue weighted by Crippen LogP contribution is -2.15. The first kappa shape index (κ1) is 10.8. The summed E-state index contributed by atoms with van der Waals surface area (Å²) < 4.78 is 0. The Bertz CT molecular complexity index is 451. The maximum Gasteiger partial charge on any atom is 0.0422 e. The van der Waals surface area contributed by atoms with Gasteiger partial charge in [0.05, 0.1) is 0 Å². The first-order valence-electron chi connectivity index (χ1n) is 5.48. The maximum absolute atomic E-state index is 6.19. The fourth-order valence-corrected chi connectivity index (χ4v) is 1.86. The van der Waals surface area contributed by atoms with Crippen LogP contribution in [0.25, 0.3) is 0 Å². The first-order chi connectivity index (χ1) is 7.77. The molecular weight excluding hydrogens is 196 g/mol. The van der Waals surface area contributed by atoms with E-state index in [1.807, 2.05) is 30.3 Å². The van der Waals surface area contributed by atoms with E-state index < -0.39 is 0 Å². The fraction of sp³-hybridized carbons (Fsp3) is 0.214. The zero-order valence-corrected chi connectivity index (χ0v) is 9.43. The summed E-state index contributed by atoms with van der Waals surface area (Å²) in [5, 5.41) is 0. The van der Waals surface area contributed by atoms with Gasteiger partial charge in [0, 0.05) is 24.4 Å². The van der Waals surface area contributed by atoms with Gasteiger partial charge in [0.2, 0.25) is 0 Å². The SMILES string of the molecule is Cc1ccccc1C(N)Cc1ccccn1. The molecule has 1 unspecified atom stereocenters. The van der Waals surface area contributed by atoms with E-state index in [1.54, 1.807) is 6.20 Å². The standard InChI is InChI=1S/C14H16N2/c1-11-6-2-3-8-13(11)14(15)10-12-7-4-5-9-16-12/h2-9,14H,10,15H2,1H3. The van der Waals surface area contributed by atoms with Gasteiger partial charge in [-0.15, -0.1) is 0 Å². The Morgan fingerprint density at radius 1 is 1.12 bits per heavy atom. The van der Waals surface area contributed by atoms with Crippen molar-refractivity contribution in [1.29, 1.82) is 0 Å². The lowest BCUT2D eigenvalue weighted by Gasteiger charge is -2.13. The molecule has 0 radical (unpaired) electrons. The van der Waals surface area contributed by atoms with Crippen LogP contribution in [0, 0.1) is 6.92 Å². The molecule has 0 aliphatic carbocycles. The molecule has 0 aliphatic heterocycles. The van der Waals surface area contributed by atoms with Gasteiger partial charge in [-0.25, -0.2) is 0 Å². The van der Waals surface area contributed by atoms with E-state index in [-0.39, 0.29) is 6.04 Å². The third kappa shape index (κ3) is 2.47. The quantitative estimate of drug-likeness (QED) is 0.849. The van der Waals surface area contributed by atoms with E-state index >= 15 is 0 Å². The largest absolute Gasteiger partial charge is 0.324 e. The van der Waals surface area contributed by atoms with Gasteiger partial charge in [0.25, 0.3) is 0 Å². The first-order valence-corrected chi connectivity index (χ1v) is 5.48. The van der Waals surface area contributed by atoms with E-state index in [4.69, 9.17) is 5.73 Å². The average Bonchev–Trinajstić information content (AvgIpc) is 2.31. The van der Waals surface area contributed by atoms with E-state index in [2.05, 4.69) is 24.0 Å². The van der Waals surface area contributed by atoms with Crippen molar-refractivity contribution in [1.82, 2.24) is 4.98 Å². The van der Waals surface area contributed by atoms with Crippen molar-refractivity contribution >= 4 is 0 Å². The smallest absolute Gasteiger partial charge is 0.0422 e. The molecule has 2 heteroatoms. The Hall–Kier alpha value is -1.67. The molecule has 1 aromatic heterocycles. The zero-order chi connectivity index (χ0) is 11.4. The molecule has 82 valence electrons. The summed E-state index contributed by atoms with van der Waals surface area (Å²) >= 11 is 0. The van der Waals surface area contributed by atoms with Crippen LogP contribution in [0.4, 0.5) is 0 Å². The van der Waals surface area contributed by atoms with Crippen LogP contribution >= 0.6 is 0 Å². The monoisotopic (exact) mass is 212 g/mol. The number of hydrogen-bond acceptors (Lipinski definition) is 2. The third-order valence-corrected chi connectivity index (χ3v) is 2.74. The predicted molar refractivity (Wildman–Crippen MR) is 66.0 cm³/mol. The molecule has 1 atom stereocenters. The number of nitrogens with zero attached hydrogens (tertiary/aromatic N) is 1. The zero-order valence-electron chi connectivity index (χ0n) is 9.43. The van der Waals surface area contributed by atoms with Gasteiger partial charge in [-0.05, 0) is 30.2 Å². The summed E-state index contributed by atoms with van der Waals surface area (Å²) in [6.45, 7) is 2.09. The molecule has 1 aromatic carbocycles. The molecule has 0 spiro atoms. The van der Waals surface area contributed by atoms with Gasteiger partial charge in [-0.2, -0.15) is 0 Å². The second-order valence-electron chi connectivity index (χ2n) is 3.99. The third-order valence-electron chi connectivity index (χ3n) is 2.74. The van der Waals surface area contributed by atoms with Crippen LogP contribution < -0.4 is 5.73 Å². The van der Waals surface area contributed by atoms with Gasteiger partial charge in [-0.3, -0.25) is 4.98 Å². The molecule has 0 bridgehead atoms. The van der Waals surface area contributed by atoms with Crippen LogP contribution in [-0.4, -0.2) is 4.98 Å². The van der Waals surface area contributed by atoms with Crippen LogP contribution in [-0.2, 0) is 6.42 Å². The summed E-state index contributed by atoms with van der Waals surface area (Å²) in [7, 11) is 0. The topological polar surface area (TPSA) is 38.9 Å². The number of pyridine rings is 1. The minimum atomic E-state index is 0.0242. The van der Waals surface area contributed by atoms with Crippen LogP contribution in [0.3, 0.4) is 0 Å². The molecular formula is C14H16N2. The molecule has 16 heavy (non-hydrogen) atoms. The molecule has 0 saturated heterocycles. The minimum absolute atomic E-state index is 0.0242. The summed E-state index contributed by atoms with van der Waals surface area (Å²) in [4.78, 5) is 4.29. The van der Waals surface area contributed by atoms with Crippen molar-refractivity contribution in [3.63, 3.8) is 0 Å². The summed E-state index contributed by atoms with van der Waals surface area (Å²) in [5.41, 5.74) is 9.67. The van der Waals surface area contributed by atoms with Crippen molar-refractivity contribution in [2.75, 3.05) is 0 Å². The van der Waals surface area contributed by atoms with Crippen molar-refractivity contribution in [3.05, 3.63) is 65.5 Å². The van der Waals surface area contributed by atoms with Crippen molar-refractivity contribution in [2.24, 2.45) is 5.73 Å². The van der Waals surface area contributed by atoms with Crippen molar-refractivity contribution in [3.8, 4) is 0 Å². The molecule has 0 saturated carbocycles. The highest BCUT2D eigenvalue weighted by atomic mass is 14.7. The second kappa shape index (κ2) is 4.90. The lowest BCUT2D eigenvalue weighted by atomic mass is 9.98. The molecule has 2 rings (SSSR count). The summed E-state index contributed by atoms with van der Waals surface area (Å²) in [6, 6.07) is 14.2. The Balaban J connectivity index is 2.15. The highest BCUT2D eigenvalue weighted by Gasteiger charge is 2.09. The molecule has 1 heterocycles. The van der Waals surface area contributed by atoms with Gasteiger partial charge in [-0.1, -0.05) is 30.3 Å². The highest BCUT2D eigenvalue weighted by molar-refractivity contribution is 5.29. The van der Waals surface area contributed by atoms with Gasteiger partial charge >= 0.3 is 0 Å². The number of aryl methyl sites for hydroxylation is 1. The van der Waals surface area contributed by atoms with Crippen LogP contribution in [0.1, 0.15) is 22.9 Å². The second-order valence-corrected chi connectivity index (χ2v) is 3.99. The number of benzene rings is 1. The van der Waals surface area contributed by atoms with Gasteiger partial charge in [0.1, 0.15) is 0 Å². The van der Waals surface area contributed by atoms with Crippen molar-refractivity contribution in [2.45, 2.75) is 19.4 Å². The Labute approximate surface area is 96.1 Å². The Morgan fingerprint density at radius 2 is 1.88 bits per heavy atom. The number of aromatic nitrogens is 1. The molecule has 2 aromatic rings. The van der Waals surface area contributed by atoms with Crippen LogP contribution in [0.15, 0.2) is 48.7 Å². The van der Waals surface area contributed by atoms with E-state index in [0.29, 0.717) is 0 Å². The van der Waals surface area contributed by atoms with E-state index in [9.17, 15) is 0 Å². The number of nitrogens with two attached hydrogens (primary N) is 1. The van der Waals surface area contributed by atoms with Gasteiger partial charge in [0.15, 0.2) is 0 Å². The fourth-order valence-electron chi connectivity index (χ4n) is 1.86. The summed E-state index contributed by atoms with van der Waals surface area (Å²) in [5.74, 6) is 0. The minimum Gasteiger partial charge on any atom is -0.324 e. The molecule has 2 nitrogen and oxygen atoms in total. The number of hydrogen-bond donors (Lipinski definition) is 1. The van der Waals surface area contributed by atoms with Crippen LogP contribution in [0.5, 0.6) is 0 Å². The Kier molecular flexibility index (Phi) is 3.32. The summed E-state index contributed by atoms with van der Waals surface area (Å²) in [6.07, 6.45) is 2.59. The Morgan fingerprint density at radius 3 is 2.56 bits per heavy atom. The van der Waals surface area contributed by atoms with Crippen LogP contribution in [0.2, 0.25) is 0 Å². The van der Waals surface area contributed by atoms with Crippen molar-refractivity contribution < 1.29 is 0 Å². The average molecular weight is 212 g/mol. The maximum atomic E-state index is 6.19. The van der Waals surface area contributed by atoms with E-state index in [1.165, 1.54) is 11.1 Å². The predicted octanol–water partition coefficient (Wildman–Crippen LogP) is 2.63. The molecule has 0 amide bonds. The lowest BCUT2D eigenvalue weighted by molar-refractivity contribution is 0.702. The molecule has 0 fully saturated rings.